The van der Waals surface area contributed by atoms with E-state index >= 15 is 0 Å². The van der Waals surface area contributed by atoms with E-state index in [1.54, 1.807) is 17.4 Å². The third-order valence-corrected chi connectivity index (χ3v) is 5.65. The van der Waals surface area contributed by atoms with Gasteiger partial charge in [0.25, 0.3) is 0 Å². The molecule has 0 atom stereocenters. The van der Waals surface area contributed by atoms with Crippen LogP contribution in [0.5, 0.6) is 0 Å². The number of thiophene rings is 1. The highest BCUT2D eigenvalue weighted by Crippen LogP contribution is 2.38. The molecule has 21 heavy (non-hydrogen) atoms. The predicted octanol–water partition coefficient (Wildman–Crippen LogP) is 3.87. The van der Waals surface area contributed by atoms with E-state index in [0.717, 1.165) is 32.1 Å². The Hall–Kier alpha value is -1.79. The van der Waals surface area contributed by atoms with E-state index < -0.39 is 10.0 Å². The molecule has 3 rings (SSSR count). The number of furan rings is 1. The average molecular weight is 321 g/mol. The Balaban J connectivity index is 2.09. The maximum atomic E-state index is 11.6. The fourth-order valence-corrected chi connectivity index (χ4v) is 3.65. The van der Waals surface area contributed by atoms with Gasteiger partial charge in [-0.2, -0.15) is 0 Å². The van der Waals surface area contributed by atoms with Gasteiger partial charge in [0.05, 0.1) is 11.1 Å². The Morgan fingerprint density at radius 1 is 1.19 bits per heavy atom. The van der Waals surface area contributed by atoms with E-state index in [1.165, 1.54) is 11.7 Å². The molecular weight excluding hydrogens is 306 g/mol. The van der Waals surface area contributed by atoms with Gasteiger partial charge >= 0.3 is 0 Å². The zero-order valence-electron chi connectivity index (χ0n) is 12.0. The maximum absolute atomic E-state index is 11.6. The van der Waals surface area contributed by atoms with Crippen molar-refractivity contribution >= 4 is 37.3 Å². The van der Waals surface area contributed by atoms with Crippen molar-refractivity contribution in [2.75, 3.05) is 17.6 Å². The van der Waals surface area contributed by atoms with Crippen molar-refractivity contribution < 1.29 is 12.8 Å². The van der Waals surface area contributed by atoms with Crippen molar-refractivity contribution in [3.8, 4) is 10.6 Å². The van der Waals surface area contributed by atoms with Gasteiger partial charge in [-0.15, -0.1) is 11.3 Å². The average Bonchev–Trinajstić information content (AvgIpc) is 2.99. The number of aryl methyl sites for hydroxylation is 1. The van der Waals surface area contributed by atoms with Crippen LogP contribution < -0.4 is 4.31 Å². The summed E-state index contributed by atoms with van der Waals surface area (Å²) in [5.74, 6) is 1.06. The first-order valence-corrected chi connectivity index (χ1v) is 9.06. The first-order valence-electron chi connectivity index (χ1n) is 6.39. The maximum Gasteiger partial charge on any atom is 0.234 e. The monoisotopic (exact) mass is 321 g/mol. The Morgan fingerprint density at radius 2 is 1.90 bits per heavy atom. The minimum atomic E-state index is -3.32. The molecule has 0 aliphatic heterocycles. The predicted molar refractivity (Wildman–Crippen MR) is 87.5 cm³/mol. The lowest BCUT2D eigenvalue weighted by Crippen LogP contribution is -2.24. The van der Waals surface area contributed by atoms with Crippen molar-refractivity contribution in [1.82, 2.24) is 0 Å². The van der Waals surface area contributed by atoms with Crippen molar-refractivity contribution in [3.63, 3.8) is 0 Å². The normalized spacial score (nSPS) is 12.0. The first-order chi connectivity index (χ1) is 9.86. The fourth-order valence-electron chi connectivity index (χ4n) is 2.12. The molecule has 110 valence electrons. The smallest absolute Gasteiger partial charge is 0.234 e. The molecule has 2 aromatic heterocycles. The minimum absolute atomic E-state index is 0.336. The number of fused-ring (bicyclic) bond motifs is 1. The molecule has 4 nitrogen and oxygen atoms in total. The van der Waals surface area contributed by atoms with E-state index in [-0.39, 0.29) is 0 Å². The van der Waals surface area contributed by atoms with E-state index in [9.17, 15) is 8.42 Å². The van der Waals surface area contributed by atoms with Crippen LogP contribution in [0.1, 0.15) is 5.56 Å². The van der Waals surface area contributed by atoms with Crippen LogP contribution in [0, 0.1) is 6.92 Å². The Bertz CT molecular complexity index is 873. The van der Waals surface area contributed by atoms with Crippen LogP contribution in [0.25, 0.3) is 20.7 Å². The zero-order chi connectivity index (χ0) is 15.2. The van der Waals surface area contributed by atoms with Gasteiger partial charge in [-0.1, -0.05) is 18.2 Å². The van der Waals surface area contributed by atoms with E-state index in [0.29, 0.717) is 5.88 Å². The highest BCUT2D eigenvalue weighted by atomic mass is 32.2. The first kappa shape index (κ1) is 14.2. The molecule has 6 heteroatoms. The van der Waals surface area contributed by atoms with Gasteiger partial charge in [0, 0.05) is 17.8 Å². The Kier molecular flexibility index (Phi) is 3.30. The number of nitrogens with zero attached hydrogens (tertiary/aromatic N) is 1. The quantitative estimate of drug-likeness (QED) is 0.736. The van der Waals surface area contributed by atoms with Gasteiger partial charge < -0.3 is 4.42 Å². The van der Waals surface area contributed by atoms with Crippen LogP contribution in [0.4, 0.5) is 5.88 Å². The number of hydrogen-bond acceptors (Lipinski definition) is 4. The zero-order valence-corrected chi connectivity index (χ0v) is 13.6. The molecule has 0 saturated carbocycles. The van der Waals surface area contributed by atoms with Crippen LogP contribution in [-0.4, -0.2) is 21.7 Å². The molecule has 0 fully saturated rings. The Labute approximate surface area is 127 Å². The molecule has 0 amide bonds. The molecule has 0 saturated heterocycles. The molecule has 0 bridgehead atoms. The number of benzene rings is 1. The van der Waals surface area contributed by atoms with Crippen LogP contribution >= 0.6 is 11.3 Å². The standard InChI is InChI=1S/C15H15NO3S2/c1-10-8-14(16(2)21(3,17)18)19-15(10)13-9-11-6-4-5-7-12(11)20-13/h4-9H,1-3H3. The molecule has 2 heterocycles. The third kappa shape index (κ3) is 2.56. The molecule has 1 aromatic carbocycles. The lowest BCUT2D eigenvalue weighted by Gasteiger charge is -2.12. The number of sulfonamides is 1. The molecule has 0 aliphatic rings. The van der Waals surface area contributed by atoms with E-state index in [2.05, 4.69) is 18.2 Å². The molecular formula is C15H15NO3S2. The second-order valence-electron chi connectivity index (χ2n) is 4.98. The number of rotatable bonds is 3. The van der Waals surface area contributed by atoms with Gasteiger partial charge in [0.2, 0.25) is 15.9 Å². The summed E-state index contributed by atoms with van der Waals surface area (Å²) in [5.41, 5.74) is 0.923. The molecule has 0 aliphatic carbocycles. The Morgan fingerprint density at radius 3 is 2.57 bits per heavy atom. The van der Waals surface area contributed by atoms with E-state index in [1.807, 2.05) is 19.1 Å². The molecule has 3 aromatic rings. The summed E-state index contributed by atoms with van der Waals surface area (Å²) in [5, 5.41) is 1.16. The summed E-state index contributed by atoms with van der Waals surface area (Å²) >= 11 is 1.64. The summed E-state index contributed by atoms with van der Waals surface area (Å²) in [6.07, 6.45) is 1.16. The molecule has 0 unspecified atom stereocenters. The third-order valence-electron chi connectivity index (χ3n) is 3.36. The highest BCUT2D eigenvalue weighted by Gasteiger charge is 2.19. The van der Waals surface area contributed by atoms with Gasteiger partial charge in [0.1, 0.15) is 5.76 Å². The van der Waals surface area contributed by atoms with Crippen LogP contribution in [-0.2, 0) is 10.0 Å². The van der Waals surface area contributed by atoms with Gasteiger partial charge in [-0.25, -0.2) is 12.7 Å². The fraction of sp³-hybridized carbons (Fsp3) is 0.200. The molecule has 0 radical (unpaired) electrons. The second-order valence-corrected chi connectivity index (χ2v) is 8.07. The van der Waals surface area contributed by atoms with Gasteiger partial charge in [-0.3, -0.25) is 0 Å². The molecule has 0 N–H and O–H groups in total. The summed E-state index contributed by atoms with van der Waals surface area (Å²) in [6, 6.07) is 11.9. The van der Waals surface area contributed by atoms with Crippen LogP contribution in [0.3, 0.4) is 0 Å². The largest absolute Gasteiger partial charge is 0.438 e. The van der Waals surface area contributed by atoms with Crippen LogP contribution in [0.2, 0.25) is 0 Å². The molecule has 0 spiro atoms. The number of hydrogen-bond donors (Lipinski definition) is 0. The van der Waals surface area contributed by atoms with Crippen molar-refractivity contribution in [1.29, 1.82) is 0 Å². The van der Waals surface area contributed by atoms with E-state index in [4.69, 9.17) is 4.42 Å². The van der Waals surface area contributed by atoms with Crippen molar-refractivity contribution in [2.24, 2.45) is 0 Å². The lowest BCUT2D eigenvalue weighted by molar-refractivity contribution is 0.570. The van der Waals surface area contributed by atoms with Gasteiger partial charge in [-0.05, 0) is 30.0 Å². The van der Waals surface area contributed by atoms with Crippen LogP contribution in [0.15, 0.2) is 40.8 Å². The highest BCUT2D eigenvalue weighted by molar-refractivity contribution is 7.92. The van der Waals surface area contributed by atoms with Crippen molar-refractivity contribution in [2.45, 2.75) is 6.92 Å². The summed E-state index contributed by atoms with van der Waals surface area (Å²) in [4.78, 5) is 1.00. The van der Waals surface area contributed by atoms with Crippen molar-refractivity contribution in [3.05, 3.63) is 42.0 Å². The topological polar surface area (TPSA) is 50.5 Å². The lowest BCUT2D eigenvalue weighted by atomic mass is 10.2. The minimum Gasteiger partial charge on any atom is -0.438 e. The summed E-state index contributed by atoms with van der Waals surface area (Å²) in [7, 11) is -1.83. The summed E-state index contributed by atoms with van der Waals surface area (Å²) < 4.78 is 31.3. The number of anilines is 1. The van der Waals surface area contributed by atoms with Gasteiger partial charge in [0.15, 0.2) is 0 Å². The summed E-state index contributed by atoms with van der Waals surface area (Å²) in [6.45, 7) is 1.92. The second kappa shape index (κ2) is 4.89. The SMILES string of the molecule is Cc1cc(N(C)S(C)(=O)=O)oc1-c1cc2ccccc2s1.